The predicted molar refractivity (Wildman–Crippen MR) is 118 cm³/mol. The maximum Gasteiger partial charge on any atom is 0.199 e. The van der Waals surface area contributed by atoms with Gasteiger partial charge in [0.25, 0.3) is 0 Å². The predicted octanol–water partition coefficient (Wildman–Crippen LogP) is 4.42. The highest BCUT2D eigenvalue weighted by atomic mass is 35.5. The Morgan fingerprint density at radius 2 is 1.76 bits per heavy atom. The zero-order valence-corrected chi connectivity index (χ0v) is 18.6. The second kappa shape index (κ2) is 9.43. The second-order valence-electron chi connectivity index (χ2n) is 6.83. The lowest BCUT2D eigenvalue weighted by atomic mass is 10.1. The minimum absolute atomic E-state index is 0.605. The molecule has 2 aromatic carbocycles. The lowest BCUT2D eigenvalue weighted by Crippen LogP contribution is -2.25. The van der Waals surface area contributed by atoms with E-state index in [1.54, 1.807) is 14.2 Å². The molecule has 154 valence electrons. The largest absolute Gasteiger partial charge is 0.493 e. The average molecular weight is 433 g/mol. The highest BCUT2D eigenvalue weighted by Crippen LogP contribution is 2.27. The van der Waals surface area contributed by atoms with Gasteiger partial charge in [-0.15, -0.1) is 0 Å². The van der Waals surface area contributed by atoms with Crippen molar-refractivity contribution in [2.24, 2.45) is 7.05 Å². The van der Waals surface area contributed by atoms with E-state index >= 15 is 0 Å². The van der Waals surface area contributed by atoms with E-state index in [-0.39, 0.29) is 0 Å². The van der Waals surface area contributed by atoms with E-state index in [1.165, 1.54) is 5.56 Å². The topological polar surface area (TPSA) is 44.5 Å². The summed E-state index contributed by atoms with van der Waals surface area (Å²) in [5.74, 6) is 2.30. The summed E-state index contributed by atoms with van der Waals surface area (Å²) in [6.45, 7) is 1.46. The minimum Gasteiger partial charge on any atom is -0.493 e. The lowest BCUT2D eigenvalue weighted by Gasteiger charge is -2.17. The maximum absolute atomic E-state index is 5.99. The number of benzene rings is 2. The SMILES string of the molecule is COc1ccc(CCN(C)Cn2nc(-c3ccc(Cl)cc3)n(C)c2=S)cc1OC. The Hall–Kier alpha value is -2.35. The molecule has 29 heavy (non-hydrogen) atoms. The summed E-state index contributed by atoms with van der Waals surface area (Å²) < 4.78 is 15.1. The zero-order valence-electron chi connectivity index (χ0n) is 17.1. The fraction of sp³-hybridized carbons (Fsp3) is 0.333. The van der Waals surface area contributed by atoms with Crippen LogP contribution in [0.1, 0.15) is 5.56 Å². The lowest BCUT2D eigenvalue weighted by molar-refractivity contribution is 0.254. The van der Waals surface area contributed by atoms with Gasteiger partial charge in [0.1, 0.15) is 0 Å². The monoisotopic (exact) mass is 432 g/mol. The Labute approximate surface area is 181 Å². The molecule has 0 atom stereocenters. The van der Waals surface area contributed by atoms with Crippen LogP contribution in [0.4, 0.5) is 0 Å². The molecule has 3 rings (SSSR count). The van der Waals surface area contributed by atoms with Crippen molar-refractivity contribution >= 4 is 23.8 Å². The van der Waals surface area contributed by atoms with Gasteiger partial charge in [0, 0.05) is 24.2 Å². The highest BCUT2D eigenvalue weighted by Gasteiger charge is 2.12. The molecule has 8 heteroatoms. The van der Waals surface area contributed by atoms with Crippen molar-refractivity contribution in [3.05, 3.63) is 57.8 Å². The number of rotatable bonds is 8. The summed E-state index contributed by atoms with van der Waals surface area (Å²) in [4.78, 5) is 2.19. The van der Waals surface area contributed by atoms with Gasteiger partial charge in [-0.25, -0.2) is 4.68 Å². The molecule has 0 unspecified atom stereocenters. The van der Waals surface area contributed by atoms with Crippen LogP contribution in [0.2, 0.25) is 5.02 Å². The quantitative estimate of drug-likeness (QED) is 0.493. The standard InChI is InChI=1S/C21H25ClN4O2S/c1-24(12-11-15-5-10-18(27-3)19(13-15)28-4)14-26-21(29)25(2)20(23-26)16-6-8-17(22)9-7-16/h5-10,13H,11-12,14H2,1-4H3. The van der Waals surface area contributed by atoms with Gasteiger partial charge in [0.2, 0.25) is 0 Å². The molecule has 0 aliphatic rings. The van der Waals surface area contributed by atoms with Gasteiger partial charge in [0.05, 0.1) is 20.9 Å². The molecule has 0 radical (unpaired) electrons. The molecule has 0 aliphatic carbocycles. The molecule has 0 bridgehead atoms. The van der Waals surface area contributed by atoms with Gasteiger partial charge in [-0.05, 0) is 67.6 Å². The van der Waals surface area contributed by atoms with E-state index in [1.807, 2.05) is 52.7 Å². The van der Waals surface area contributed by atoms with E-state index < -0.39 is 0 Å². The molecule has 0 saturated heterocycles. The summed E-state index contributed by atoms with van der Waals surface area (Å²) in [7, 11) is 7.27. The fourth-order valence-corrected chi connectivity index (χ4v) is 3.40. The number of methoxy groups -OCH3 is 2. The molecule has 0 aliphatic heterocycles. The number of nitrogens with zero attached hydrogens (tertiary/aromatic N) is 4. The van der Waals surface area contributed by atoms with Gasteiger partial charge in [0.15, 0.2) is 22.1 Å². The third kappa shape index (κ3) is 4.98. The summed E-state index contributed by atoms with van der Waals surface area (Å²) in [5.41, 5.74) is 2.16. The Kier molecular flexibility index (Phi) is 6.95. The van der Waals surface area contributed by atoms with Crippen LogP contribution < -0.4 is 9.47 Å². The van der Waals surface area contributed by atoms with E-state index in [4.69, 9.17) is 38.4 Å². The van der Waals surface area contributed by atoms with Crippen molar-refractivity contribution in [3.8, 4) is 22.9 Å². The minimum atomic E-state index is 0.605. The van der Waals surface area contributed by atoms with Crippen molar-refractivity contribution in [2.45, 2.75) is 13.1 Å². The van der Waals surface area contributed by atoms with Crippen LogP contribution in [0.25, 0.3) is 11.4 Å². The first-order valence-electron chi connectivity index (χ1n) is 9.22. The number of hydrogen-bond acceptors (Lipinski definition) is 5. The van der Waals surface area contributed by atoms with Crippen LogP contribution in [-0.2, 0) is 20.1 Å². The first-order valence-corrected chi connectivity index (χ1v) is 10.0. The van der Waals surface area contributed by atoms with Crippen LogP contribution in [0.5, 0.6) is 11.5 Å². The first kappa shape index (κ1) is 21.4. The van der Waals surface area contributed by atoms with Gasteiger partial charge in [-0.2, -0.15) is 5.10 Å². The molecule has 0 saturated carbocycles. The van der Waals surface area contributed by atoms with Crippen molar-refractivity contribution in [2.75, 3.05) is 27.8 Å². The number of halogens is 1. The van der Waals surface area contributed by atoms with E-state index in [2.05, 4.69) is 18.0 Å². The first-order chi connectivity index (χ1) is 13.9. The highest BCUT2D eigenvalue weighted by molar-refractivity contribution is 7.71. The van der Waals surface area contributed by atoms with Gasteiger partial charge in [-0.1, -0.05) is 17.7 Å². The molecule has 1 heterocycles. The molecule has 3 aromatic rings. The molecule has 0 spiro atoms. The van der Waals surface area contributed by atoms with Crippen LogP contribution in [0.15, 0.2) is 42.5 Å². The summed E-state index contributed by atoms with van der Waals surface area (Å²) in [5, 5.41) is 5.41. The van der Waals surface area contributed by atoms with Crippen molar-refractivity contribution < 1.29 is 9.47 Å². The normalized spacial score (nSPS) is 11.1. The van der Waals surface area contributed by atoms with Crippen molar-refractivity contribution in [1.29, 1.82) is 0 Å². The zero-order chi connectivity index (χ0) is 21.0. The molecule has 0 amide bonds. The Morgan fingerprint density at radius 1 is 1.07 bits per heavy atom. The van der Waals surface area contributed by atoms with E-state index in [9.17, 15) is 0 Å². The molecule has 0 fully saturated rings. The summed E-state index contributed by atoms with van der Waals surface area (Å²) >= 11 is 11.6. The van der Waals surface area contributed by atoms with Gasteiger partial charge in [-0.3, -0.25) is 4.90 Å². The average Bonchev–Trinajstić information content (AvgIpc) is 3.01. The van der Waals surface area contributed by atoms with Crippen LogP contribution >= 0.6 is 23.8 Å². The van der Waals surface area contributed by atoms with E-state index in [0.717, 1.165) is 35.9 Å². The molecule has 1 aromatic heterocycles. The third-order valence-electron chi connectivity index (χ3n) is 4.75. The number of ether oxygens (including phenoxy) is 2. The van der Waals surface area contributed by atoms with Crippen LogP contribution in [0, 0.1) is 4.77 Å². The molecule has 0 N–H and O–H groups in total. The third-order valence-corrected chi connectivity index (χ3v) is 5.49. The van der Waals surface area contributed by atoms with Crippen molar-refractivity contribution in [3.63, 3.8) is 0 Å². The maximum atomic E-state index is 5.99. The van der Waals surface area contributed by atoms with Gasteiger partial charge >= 0.3 is 0 Å². The summed E-state index contributed by atoms with van der Waals surface area (Å²) in [6.07, 6.45) is 0.876. The Morgan fingerprint density at radius 3 is 2.41 bits per heavy atom. The van der Waals surface area contributed by atoms with Crippen LogP contribution in [0.3, 0.4) is 0 Å². The smallest absolute Gasteiger partial charge is 0.199 e. The summed E-state index contributed by atoms with van der Waals surface area (Å²) in [6, 6.07) is 13.6. The second-order valence-corrected chi connectivity index (χ2v) is 7.63. The number of aromatic nitrogens is 3. The molecule has 6 nitrogen and oxygen atoms in total. The number of hydrogen-bond donors (Lipinski definition) is 0. The van der Waals surface area contributed by atoms with E-state index in [0.29, 0.717) is 16.5 Å². The van der Waals surface area contributed by atoms with Crippen molar-refractivity contribution in [1.82, 2.24) is 19.2 Å². The fourth-order valence-electron chi connectivity index (χ4n) is 3.09. The van der Waals surface area contributed by atoms with Crippen LogP contribution in [-0.4, -0.2) is 47.1 Å². The number of likely N-dealkylation sites (N-methyl/N-ethyl adjacent to an activating group) is 1. The molecular formula is C21H25ClN4O2S. The molecular weight excluding hydrogens is 408 g/mol. The Balaban J connectivity index is 1.68. The van der Waals surface area contributed by atoms with Gasteiger partial charge < -0.3 is 14.0 Å². The Bertz CT molecular complexity index is 1030.